The average Bonchev–Trinajstić information content (AvgIpc) is 2.72. The van der Waals surface area contributed by atoms with Gasteiger partial charge in [-0.2, -0.15) is 0 Å². The van der Waals surface area contributed by atoms with Gasteiger partial charge in [0.2, 0.25) is 0 Å². The Balaban J connectivity index is 2.11. The molecule has 1 aromatic rings. The second-order valence-corrected chi connectivity index (χ2v) is 4.87. The van der Waals surface area contributed by atoms with Crippen LogP contribution < -0.4 is 4.90 Å². The highest BCUT2D eigenvalue weighted by Crippen LogP contribution is 2.46. The van der Waals surface area contributed by atoms with E-state index in [1.54, 1.807) is 0 Å². The maximum Gasteiger partial charge on any atom is 0.0666 e. The molecule has 1 aromatic carbocycles. The Hall–Kier alpha value is -1.51. The standard InChI is InChI=1S/C14H18N2O/c1-2-16-12-8-4-3-6-10(12)14-11(15-17)7-5-9-13(14)16/h3-4,6,8,13-14,17H,2,5,7,9H2,1H3/b15-11+. The Morgan fingerprint density at radius 2 is 2.24 bits per heavy atom. The van der Waals surface area contributed by atoms with E-state index >= 15 is 0 Å². The van der Waals surface area contributed by atoms with Crippen molar-refractivity contribution in [3.63, 3.8) is 0 Å². The zero-order valence-electron chi connectivity index (χ0n) is 10.1. The van der Waals surface area contributed by atoms with Crippen molar-refractivity contribution in [2.45, 2.75) is 38.1 Å². The lowest BCUT2D eigenvalue weighted by molar-refractivity contribution is 0.311. The van der Waals surface area contributed by atoms with Gasteiger partial charge in [0, 0.05) is 24.2 Å². The van der Waals surface area contributed by atoms with Crippen molar-refractivity contribution >= 4 is 11.4 Å². The van der Waals surface area contributed by atoms with Gasteiger partial charge in [0.15, 0.2) is 0 Å². The van der Waals surface area contributed by atoms with E-state index in [-0.39, 0.29) is 0 Å². The third-order valence-corrected chi connectivity index (χ3v) is 4.13. The number of nitrogens with zero attached hydrogens (tertiary/aromatic N) is 2. The molecule has 17 heavy (non-hydrogen) atoms. The summed E-state index contributed by atoms with van der Waals surface area (Å²) in [5, 5.41) is 12.7. The molecule has 3 nitrogen and oxygen atoms in total. The lowest BCUT2D eigenvalue weighted by atomic mass is 9.81. The van der Waals surface area contributed by atoms with Crippen LogP contribution in [0.5, 0.6) is 0 Å². The summed E-state index contributed by atoms with van der Waals surface area (Å²) in [7, 11) is 0. The van der Waals surface area contributed by atoms with Gasteiger partial charge >= 0.3 is 0 Å². The van der Waals surface area contributed by atoms with E-state index in [1.165, 1.54) is 17.7 Å². The number of hydrogen-bond acceptors (Lipinski definition) is 3. The molecule has 0 saturated heterocycles. The smallest absolute Gasteiger partial charge is 0.0666 e. The largest absolute Gasteiger partial charge is 0.411 e. The van der Waals surface area contributed by atoms with Crippen molar-refractivity contribution < 1.29 is 5.21 Å². The van der Waals surface area contributed by atoms with E-state index in [2.05, 4.69) is 41.2 Å². The molecule has 2 unspecified atom stereocenters. The van der Waals surface area contributed by atoms with Crippen molar-refractivity contribution in [2.75, 3.05) is 11.4 Å². The summed E-state index contributed by atoms with van der Waals surface area (Å²) in [5.74, 6) is 0.310. The first-order valence-electron chi connectivity index (χ1n) is 6.43. The lowest BCUT2D eigenvalue weighted by Gasteiger charge is -2.33. The SMILES string of the molecule is CCN1c2ccccc2C2/C(=N/O)CCCC21. The molecule has 1 aliphatic heterocycles. The molecule has 1 heterocycles. The van der Waals surface area contributed by atoms with E-state index in [1.807, 2.05) is 0 Å². The number of anilines is 1. The van der Waals surface area contributed by atoms with Crippen LogP contribution in [0.1, 0.15) is 37.7 Å². The Bertz CT molecular complexity index is 455. The van der Waals surface area contributed by atoms with Gasteiger partial charge in [0.1, 0.15) is 0 Å². The van der Waals surface area contributed by atoms with Crippen LogP contribution in [-0.4, -0.2) is 23.5 Å². The van der Waals surface area contributed by atoms with Crippen LogP contribution >= 0.6 is 0 Å². The first-order chi connectivity index (χ1) is 8.36. The molecular formula is C14H18N2O. The average molecular weight is 230 g/mol. The molecule has 90 valence electrons. The second-order valence-electron chi connectivity index (χ2n) is 4.87. The van der Waals surface area contributed by atoms with Gasteiger partial charge < -0.3 is 10.1 Å². The predicted octanol–water partition coefficient (Wildman–Crippen LogP) is 2.99. The van der Waals surface area contributed by atoms with Crippen LogP contribution in [0.2, 0.25) is 0 Å². The van der Waals surface area contributed by atoms with E-state index in [4.69, 9.17) is 0 Å². The van der Waals surface area contributed by atoms with Gasteiger partial charge in [-0.15, -0.1) is 0 Å². The molecule has 0 spiro atoms. The number of hydrogen-bond donors (Lipinski definition) is 1. The third-order valence-electron chi connectivity index (χ3n) is 4.13. The van der Waals surface area contributed by atoms with Crippen molar-refractivity contribution in [2.24, 2.45) is 5.16 Å². The Morgan fingerprint density at radius 1 is 1.41 bits per heavy atom. The third kappa shape index (κ3) is 1.45. The topological polar surface area (TPSA) is 35.8 Å². The maximum atomic E-state index is 9.19. The van der Waals surface area contributed by atoms with E-state index in [9.17, 15) is 5.21 Å². The molecule has 0 aromatic heterocycles. The summed E-state index contributed by atoms with van der Waals surface area (Å²) in [6, 6.07) is 9.04. The number of para-hydroxylation sites is 1. The molecule has 2 atom stereocenters. The van der Waals surface area contributed by atoms with Crippen LogP contribution in [0.15, 0.2) is 29.4 Å². The molecule has 3 rings (SSSR count). The zero-order valence-corrected chi connectivity index (χ0v) is 10.1. The van der Waals surface area contributed by atoms with Crippen molar-refractivity contribution in [1.29, 1.82) is 0 Å². The molecule has 0 bridgehead atoms. The van der Waals surface area contributed by atoms with Gasteiger partial charge in [-0.1, -0.05) is 23.4 Å². The summed E-state index contributed by atoms with van der Waals surface area (Å²) in [6.07, 6.45) is 3.26. The highest BCUT2D eigenvalue weighted by molar-refractivity contribution is 5.95. The monoisotopic (exact) mass is 230 g/mol. The summed E-state index contributed by atoms with van der Waals surface area (Å²) in [6.45, 7) is 3.22. The summed E-state index contributed by atoms with van der Waals surface area (Å²) >= 11 is 0. The fourth-order valence-electron chi connectivity index (χ4n) is 3.47. The number of oxime groups is 1. The van der Waals surface area contributed by atoms with E-state index in [0.717, 1.165) is 25.1 Å². The van der Waals surface area contributed by atoms with E-state index in [0.29, 0.717) is 12.0 Å². The first kappa shape index (κ1) is 10.6. The molecule has 1 aliphatic carbocycles. The van der Waals surface area contributed by atoms with Crippen LogP contribution in [0, 0.1) is 0 Å². The maximum absolute atomic E-state index is 9.19. The Kier molecular flexibility index (Phi) is 2.54. The predicted molar refractivity (Wildman–Crippen MR) is 69.1 cm³/mol. The van der Waals surface area contributed by atoms with Crippen LogP contribution in [0.3, 0.4) is 0 Å². The van der Waals surface area contributed by atoms with Crippen molar-refractivity contribution in [3.8, 4) is 0 Å². The highest BCUT2D eigenvalue weighted by atomic mass is 16.4. The molecule has 3 heteroatoms. The molecule has 0 radical (unpaired) electrons. The number of fused-ring (bicyclic) bond motifs is 3. The quantitative estimate of drug-likeness (QED) is 0.594. The normalized spacial score (nSPS) is 29.2. The molecule has 2 aliphatic rings. The molecule has 1 fully saturated rings. The first-order valence-corrected chi connectivity index (χ1v) is 6.43. The lowest BCUT2D eigenvalue weighted by Crippen LogP contribution is -2.39. The minimum Gasteiger partial charge on any atom is -0.411 e. The fraction of sp³-hybridized carbons (Fsp3) is 0.500. The van der Waals surface area contributed by atoms with Crippen LogP contribution in [0.25, 0.3) is 0 Å². The Morgan fingerprint density at radius 3 is 3.00 bits per heavy atom. The van der Waals surface area contributed by atoms with Gasteiger partial charge in [-0.25, -0.2) is 0 Å². The Labute approximate surface area is 102 Å². The molecule has 1 saturated carbocycles. The minimum atomic E-state index is 0.310. The number of benzene rings is 1. The van der Waals surface area contributed by atoms with Gasteiger partial charge in [-0.3, -0.25) is 0 Å². The number of likely N-dealkylation sites (N-methyl/N-ethyl adjacent to an activating group) is 1. The minimum absolute atomic E-state index is 0.310. The van der Waals surface area contributed by atoms with Gasteiger partial charge in [0.25, 0.3) is 0 Å². The van der Waals surface area contributed by atoms with Crippen LogP contribution in [-0.2, 0) is 0 Å². The molecule has 1 N–H and O–H groups in total. The van der Waals surface area contributed by atoms with Crippen LogP contribution in [0.4, 0.5) is 5.69 Å². The molecular weight excluding hydrogens is 212 g/mol. The summed E-state index contributed by atoms with van der Waals surface area (Å²) in [4.78, 5) is 2.46. The van der Waals surface area contributed by atoms with Gasteiger partial charge in [-0.05, 0) is 37.8 Å². The fourth-order valence-corrected chi connectivity index (χ4v) is 3.47. The van der Waals surface area contributed by atoms with Gasteiger partial charge in [0.05, 0.1) is 5.71 Å². The highest BCUT2D eigenvalue weighted by Gasteiger charge is 2.42. The summed E-state index contributed by atoms with van der Waals surface area (Å²) in [5.41, 5.74) is 3.63. The number of rotatable bonds is 1. The van der Waals surface area contributed by atoms with Crippen molar-refractivity contribution in [3.05, 3.63) is 29.8 Å². The summed E-state index contributed by atoms with van der Waals surface area (Å²) < 4.78 is 0. The zero-order chi connectivity index (χ0) is 11.8. The van der Waals surface area contributed by atoms with E-state index < -0.39 is 0 Å². The second kappa shape index (κ2) is 4.06. The molecule has 0 amide bonds. The van der Waals surface area contributed by atoms with Crippen molar-refractivity contribution in [1.82, 2.24) is 0 Å².